The molecule has 3 aromatic rings. The molecule has 0 saturated carbocycles. The predicted octanol–water partition coefficient (Wildman–Crippen LogP) is 6.43. The first-order valence-electron chi connectivity index (χ1n) is 12.1. The summed E-state index contributed by atoms with van der Waals surface area (Å²) in [5.41, 5.74) is 3.92. The van der Waals surface area contributed by atoms with Crippen molar-refractivity contribution in [3.05, 3.63) is 83.4 Å². The summed E-state index contributed by atoms with van der Waals surface area (Å²) in [6.07, 6.45) is 0.973. The Hall–Kier alpha value is -3.80. The fourth-order valence-corrected chi connectivity index (χ4v) is 3.63. The Morgan fingerprint density at radius 2 is 1.37 bits per heavy atom. The van der Waals surface area contributed by atoms with Crippen LogP contribution in [0.25, 0.3) is 0 Å². The number of hydrogen-bond donors (Lipinski definition) is 2. The van der Waals surface area contributed by atoms with Crippen LogP contribution in [-0.2, 0) is 11.2 Å². The number of aryl methyl sites for hydroxylation is 1. The molecule has 0 bridgehead atoms. The van der Waals surface area contributed by atoms with E-state index in [-0.39, 0.29) is 11.8 Å². The van der Waals surface area contributed by atoms with Crippen molar-refractivity contribution in [1.82, 2.24) is 0 Å². The van der Waals surface area contributed by atoms with Crippen molar-refractivity contribution in [2.75, 3.05) is 23.8 Å². The van der Waals surface area contributed by atoms with Crippen LogP contribution in [0.15, 0.2) is 66.7 Å². The molecular formula is C29H34N2O4. The number of hydrogen-bond acceptors (Lipinski definition) is 4. The van der Waals surface area contributed by atoms with Crippen LogP contribution in [-0.4, -0.2) is 25.0 Å². The molecule has 0 radical (unpaired) electrons. The van der Waals surface area contributed by atoms with Gasteiger partial charge in [0.2, 0.25) is 5.91 Å². The van der Waals surface area contributed by atoms with Gasteiger partial charge in [0.25, 0.3) is 5.91 Å². The second-order valence-corrected chi connectivity index (χ2v) is 8.48. The summed E-state index contributed by atoms with van der Waals surface area (Å²) in [6, 6.07) is 20.7. The number of anilines is 2. The van der Waals surface area contributed by atoms with E-state index in [0.29, 0.717) is 60.4 Å². The summed E-state index contributed by atoms with van der Waals surface area (Å²) in [5.74, 6) is 1.02. The van der Waals surface area contributed by atoms with E-state index in [1.807, 2.05) is 19.9 Å². The summed E-state index contributed by atoms with van der Waals surface area (Å²) >= 11 is 0. The molecule has 3 rings (SSSR count). The van der Waals surface area contributed by atoms with Gasteiger partial charge in [0.1, 0.15) is 11.5 Å². The normalized spacial score (nSPS) is 10.7. The molecule has 0 aromatic heterocycles. The van der Waals surface area contributed by atoms with E-state index in [4.69, 9.17) is 9.47 Å². The summed E-state index contributed by atoms with van der Waals surface area (Å²) in [5, 5.41) is 5.84. The molecule has 2 N–H and O–H groups in total. The number of ether oxygens (including phenoxy) is 2. The number of amides is 2. The zero-order valence-electron chi connectivity index (χ0n) is 20.9. The Balaban J connectivity index is 1.75. The van der Waals surface area contributed by atoms with Gasteiger partial charge < -0.3 is 20.1 Å². The Morgan fingerprint density at radius 1 is 0.800 bits per heavy atom. The van der Waals surface area contributed by atoms with Crippen LogP contribution < -0.4 is 20.1 Å². The van der Waals surface area contributed by atoms with Crippen LogP contribution >= 0.6 is 0 Å². The molecule has 0 fully saturated rings. The molecule has 6 nitrogen and oxygen atoms in total. The quantitative estimate of drug-likeness (QED) is 0.336. The Bertz CT molecular complexity index is 1130. The number of rotatable bonds is 11. The monoisotopic (exact) mass is 474 g/mol. The Morgan fingerprint density at radius 3 is 1.91 bits per heavy atom. The van der Waals surface area contributed by atoms with Gasteiger partial charge in [0.15, 0.2) is 0 Å². The molecular weight excluding hydrogens is 440 g/mol. The van der Waals surface area contributed by atoms with Crippen LogP contribution in [0.4, 0.5) is 11.4 Å². The molecule has 0 aliphatic carbocycles. The molecule has 2 amide bonds. The highest BCUT2D eigenvalue weighted by atomic mass is 16.5. The van der Waals surface area contributed by atoms with Gasteiger partial charge in [-0.3, -0.25) is 9.59 Å². The Kier molecular flexibility index (Phi) is 9.30. The van der Waals surface area contributed by atoms with E-state index in [2.05, 4.69) is 48.7 Å². The maximum absolute atomic E-state index is 12.8. The molecule has 6 heteroatoms. The van der Waals surface area contributed by atoms with E-state index in [9.17, 15) is 9.59 Å². The zero-order chi connectivity index (χ0) is 25.2. The summed E-state index contributed by atoms with van der Waals surface area (Å²) < 4.78 is 11.5. The Labute approximate surface area is 207 Å². The maximum Gasteiger partial charge on any atom is 0.255 e. The van der Waals surface area contributed by atoms with Gasteiger partial charge in [-0.15, -0.1) is 0 Å². The van der Waals surface area contributed by atoms with Gasteiger partial charge in [-0.2, -0.15) is 0 Å². The van der Waals surface area contributed by atoms with Crippen LogP contribution in [0.1, 0.15) is 61.5 Å². The van der Waals surface area contributed by atoms with Gasteiger partial charge in [0.05, 0.1) is 24.6 Å². The third-order valence-corrected chi connectivity index (χ3v) is 5.53. The average molecular weight is 475 g/mol. The second-order valence-electron chi connectivity index (χ2n) is 8.48. The third kappa shape index (κ3) is 7.34. The van der Waals surface area contributed by atoms with E-state index in [1.54, 1.807) is 36.4 Å². The molecule has 0 saturated heterocycles. The molecule has 35 heavy (non-hydrogen) atoms. The number of carbonyl (C=O) groups is 2. The minimum atomic E-state index is -0.255. The summed E-state index contributed by atoms with van der Waals surface area (Å²) in [7, 11) is 0. The molecule has 0 aliphatic heterocycles. The van der Waals surface area contributed by atoms with Gasteiger partial charge in [-0.05, 0) is 49.4 Å². The lowest BCUT2D eigenvalue weighted by Crippen LogP contribution is -2.16. The predicted molar refractivity (Wildman–Crippen MR) is 141 cm³/mol. The lowest BCUT2D eigenvalue weighted by atomic mass is 10.0. The second kappa shape index (κ2) is 12.6. The largest absolute Gasteiger partial charge is 0.492 e. The van der Waals surface area contributed by atoms with Crippen molar-refractivity contribution in [3.8, 4) is 11.5 Å². The van der Waals surface area contributed by atoms with Crippen LogP contribution in [0.3, 0.4) is 0 Å². The number of nitrogens with one attached hydrogen (secondary N) is 2. The highest BCUT2D eigenvalue weighted by Gasteiger charge is 2.17. The molecule has 0 atom stereocenters. The fraction of sp³-hybridized carbons (Fsp3) is 0.310. The summed E-state index contributed by atoms with van der Waals surface area (Å²) in [6.45, 7) is 8.86. The minimum absolute atomic E-state index is 0.123. The molecule has 0 spiro atoms. The highest BCUT2D eigenvalue weighted by Crippen LogP contribution is 2.37. The highest BCUT2D eigenvalue weighted by molar-refractivity contribution is 6.05. The molecule has 184 valence electrons. The minimum Gasteiger partial charge on any atom is -0.492 e. The van der Waals surface area contributed by atoms with E-state index >= 15 is 0 Å². The van der Waals surface area contributed by atoms with Gasteiger partial charge in [-0.1, -0.05) is 56.3 Å². The molecule has 3 aromatic carbocycles. The number of benzene rings is 3. The van der Waals surface area contributed by atoms with Crippen molar-refractivity contribution < 1.29 is 19.1 Å². The molecule has 0 aliphatic rings. The van der Waals surface area contributed by atoms with Crippen LogP contribution in [0.2, 0.25) is 0 Å². The van der Waals surface area contributed by atoms with Crippen LogP contribution in [0, 0.1) is 0 Å². The van der Waals surface area contributed by atoms with Crippen molar-refractivity contribution in [2.45, 2.75) is 46.5 Å². The first-order chi connectivity index (χ1) is 16.9. The standard InChI is InChI=1S/C29H34N2O4/c1-5-34-26-19-25(31-29(33)23-10-8-7-9-11-23)27(35-6-2)18-24(26)30-28(32)17-14-21-12-15-22(16-13-21)20(3)4/h7-13,15-16,18-20H,5-6,14,17H2,1-4H3,(H,30,32)(H,31,33). The van der Waals surface area contributed by atoms with Crippen LogP contribution in [0.5, 0.6) is 11.5 Å². The number of carbonyl (C=O) groups excluding carboxylic acids is 2. The van der Waals surface area contributed by atoms with Gasteiger partial charge >= 0.3 is 0 Å². The summed E-state index contributed by atoms with van der Waals surface area (Å²) in [4.78, 5) is 25.5. The third-order valence-electron chi connectivity index (χ3n) is 5.53. The molecule has 0 heterocycles. The van der Waals surface area contributed by atoms with Crippen molar-refractivity contribution in [2.24, 2.45) is 0 Å². The smallest absolute Gasteiger partial charge is 0.255 e. The van der Waals surface area contributed by atoms with Crippen molar-refractivity contribution >= 4 is 23.2 Å². The first-order valence-corrected chi connectivity index (χ1v) is 12.1. The lowest BCUT2D eigenvalue weighted by Gasteiger charge is -2.18. The first kappa shape index (κ1) is 25.8. The van der Waals surface area contributed by atoms with Gasteiger partial charge in [0, 0.05) is 24.1 Å². The topological polar surface area (TPSA) is 76.7 Å². The maximum atomic E-state index is 12.8. The molecule has 0 unspecified atom stereocenters. The van der Waals surface area contributed by atoms with Gasteiger partial charge in [-0.25, -0.2) is 0 Å². The van der Waals surface area contributed by atoms with Crippen molar-refractivity contribution in [1.29, 1.82) is 0 Å². The SMILES string of the molecule is CCOc1cc(NC(=O)c2ccccc2)c(OCC)cc1NC(=O)CCc1ccc(C(C)C)cc1. The fourth-order valence-electron chi connectivity index (χ4n) is 3.63. The van der Waals surface area contributed by atoms with E-state index in [1.165, 1.54) is 5.56 Å². The zero-order valence-corrected chi connectivity index (χ0v) is 20.9. The van der Waals surface area contributed by atoms with E-state index in [0.717, 1.165) is 5.56 Å². The average Bonchev–Trinajstić information content (AvgIpc) is 2.86. The van der Waals surface area contributed by atoms with E-state index < -0.39 is 0 Å². The van der Waals surface area contributed by atoms with Crippen molar-refractivity contribution in [3.63, 3.8) is 0 Å². The lowest BCUT2D eigenvalue weighted by molar-refractivity contribution is -0.116.